The molecule has 24 heavy (non-hydrogen) atoms. The van der Waals surface area contributed by atoms with E-state index in [4.69, 9.17) is 4.52 Å². The summed E-state index contributed by atoms with van der Waals surface area (Å²) in [5.74, 6) is 0.815. The summed E-state index contributed by atoms with van der Waals surface area (Å²) in [6.45, 7) is 4.30. The van der Waals surface area contributed by atoms with Crippen molar-refractivity contribution in [2.75, 3.05) is 16.3 Å². The average Bonchev–Trinajstić information content (AvgIpc) is 2.98. The number of amides is 1. The molecule has 5 nitrogen and oxygen atoms in total. The van der Waals surface area contributed by atoms with Crippen LogP contribution < -0.4 is 9.80 Å². The quantitative estimate of drug-likeness (QED) is 0.619. The molecule has 6 heteroatoms. The van der Waals surface area contributed by atoms with Crippen LogP contribution in [-0.2, 0) is 4.79 Å². The fourth-order valence-electron chi connectivity index (χ4n) is 3.35. The van der Waals surface area contributed by atoms with Crippen LogP contribution in [0.2, 0.25) is 0 Å². The van der Waals surface area contributed by atoms with E-state index >= 15 is 0 Å². The number of hydrogen-bond donors (Lipinski definition) is 0. The second-order valence-electron chi connectivity index (χ2n) is 5.98. The molecule has 0 saturated heterocycles. The van der Waals surface area contributed by atoms with Crippen LogP contribution in [0, 0.1) is 0 Å². The van der Waals surface area contributed by atoms with Crippen molar-refractivity contribution in [2.45, 2.75) is 19.9 Å². The Labute approximate surface area is 148 Å². The van der Waals surface area contributed by atoms with Crippen LogP contribution in [-0.4, -0.2) is 23.7 Å². The Morgan fingerprint density at radius 1 is 1.25 bits per heavy atom. The first-order chi connectivity index (χ1) is 11.6. The zero-order valence-corrected chi connectivity index (χ0v) is 14.9. The third-order valence-corrected chi connectivity index (χ3v) is 4.82. The summed E-state index contributed by atoms with van der Waals surface area (Å²) in [5, 5.41) is 5.25. The molecule has 0 spiro atoms. The van der Waals surface area contributed by atoms with Gasteiger partial charge in [-0.15, -0.1) is 0 Å². The van der Waals surface area contributed by atoms with Gasteiger partial charge >= 0.3 is 0 Å². The van der Waals surface area contributed by atoms with Gasteiger partial charge in [0.1, 0.15) is 0 Å². The van der Waals surface area contributed by atoms with Crippen molar-refractivity contribution in [1.29, 1.82) is 0 Å². The average molecular weight is 386 g/mol. The highest BCUT2D eigenvalue weighted by atomic mass is 79.9. The molecule has 0 saturated carbocycles. The predicted molar refractivity (Wildman–Crippen MR) is 97.8 cm³/mol. The summed E-state index contributed by atoms with van der Waals surface area (Å²) >= 11 is 3.53. The van der Waals surface area contributed by atoms with Gasteiger partial charge in [0.15, 0.2) is 11.4 Å². The highest BCUT2D eigenvalue weighted by Crippen LogP contribution is 2.42. The van der Waals surface area contributed by atoms with Gasteiger partial charge in [0.2, 0.25) is 5.91 Å². The van der Waals surface area contributed by atoms with Crippen LogP contribution >= 0.6 is 15.9 Å². The molecule has 0 fully saturated rings. The van der Waals surface area contributed by atoms with Crippen LogP contribution in [0.3, 0.4) is 0 Å². The molecule has 0 bridgehead atoms. The number of rotatable bonds is 1. The molecule has 1 aliphatic heterocycles. The minimum Gasteiger partial charge on any atom is -0.354 e. The Morgan fingerprint density at radius 3 is 2.83 bits per heavy atom. The molecule has 122 valence electrons. The van der Waals surface area contributed by atoms with Gasteiger partial charge in [0, 0.05) is 17.9 Å². The fraction of sp³-hybridized carbons (Fsp3) is 0.222. The SMILES string of the molecule is CC(=O)N1c2ccc(Br)cc2N(c2noc3ccccc23)CC1C. The second-order valence-corrected chi connectivity index (χ2v) is 6.90. The normalized spacial score (nSPS) is 17.2. The lowest BCUT2D eigenvalue weighted by atomic mass is 10.1. The lowest BCUT2D eigenvalue weighted by Gasteiger charge is -2.40. The van der Waals surface area contributed by atoms with Crippen molar-refractivity contribution in [3.05, 3.63) is 46.9 Å². The van der Waals surface area contributed by atoms with Crippen LogP contribution in [0.5, 0.6) is 0 Å². The molecule has 3 aromatic rings. The Kier molecular flexibility index (Phi) is 3.57. The lowest BCUT2D eigenvalue weighted by molar-refractivity contribution is -0.117. The van der Waals surface area contributed by atoms with Gasteiger partial charge in [-0.25, -0.2) is 0 Å². The summed E-state index contributed by atoms with van der Waals surface area (Å²) in [7, 11) is 0. The Morgan fingerprint density at radius 2 is 2.04 bits per heavy atom. The van der Waals surface area contributed by atoms with E-state index in [0.29, 0.717) is 6.54 Å². The minimum atomic E-state index is 0.0339. The van der Waals surface area contributed by atoms with Gasteiger partial charge in [-0.2, -0.15) is 0 Å². The van der Waals surface area contributed by atoms with E-state index in [1.807, 2.05) is 54.3 Å². The number of nitrogens with zero attached hydrogens (tertiary/aromatic N) is 3. The molecule has 4 rings (SSSR count). The molecule has 1 aliphatic rings. The first-order valence-corrected chi connectivity index (χ1v) is 8.57. The number of anilines is 3. The van der Waals surface area contributed by atoms with Gasteiger partial charge in [0.25, 0.3) is 0 Å². The van der Waals surface area contributed by atoms with Crippen molar-refractivity contribution >= 4 is 50.0 Å². The number of aromatic nitrogens is 1. The molecule has 2 aromatic carbocycles. The van der Waals surface area contributed by atoms with E-state index in [9.17, 15) is 4.79 Å². The number of hydrogen-bond acceptors (Lipinski definition) is 4. The van der Waals surface area contributed by atoms with E-state index in [1.165, 1.54) is 0 Å². The molecule has 1 atom stereocenters. The van der Waals surface area contributed by atoms with E-state index in [2.05, 4.69) is 26.0 Å². The van der Waals surface area contributed by atoms with Gasteiger partial charge in [-0.05, 0) is 37.3 Å². The van der Waals surface area contributed by atoms with Crippen molar-refractivity contribution < 1.29 is 9.32 Å². The highest BCUT2D eigenvalue weighted by Gasteiger charge is 2.33. The summed E-state index contributed by atoms with van der Waals surface area (Å²) < 4.78 is 6.43. The summed E-state index contributed by atoms with van der Waals surface area (Å²) in [6, 6.07) is 13.8. The summed E-state index contributed by atoms with van der Waals surface area (Å²) in [6.07, 6.45) is 0. The Balaban J connectivity index is 1.92. The van der Waals surface area contributed by atoms with Gasteiger partial charge in [-0.1, -0.05) is 33.2 Å². The third kappa shape index (κ3) is 2.29. The molecule has 1 unspecified atom stereocenters. The number of halogens is 1. The van der Waals surface area contributed by atoms with Crippen molar-refractivity contribution in [3.63, 3.8) is 0 Å². The molecule has 2 heterocycles. The van der Waals surface area contributed by atoms with Crippen LogP contribution in [0.1, 0.15) is 13.8 Å². The highest BCUT2D eigenvalue weighted by molar-refractivity contribution is 9.10. The van der Waals surface area contributed by atoms with E-state index in [1.54, 1.807) is 6.92 Å². The molecular weight excluding hydrogens is 370 g/mol. The number of fused-ring (bicyclic) bond motifs is 2. The zero-order valence-electron chi connectivity index (χ0n) is 13.4. The number of para-hydroxylation sites is 1. The van der Waals surface area contributed by atoms with Gasteiger partial charge < -0.3 is 14.3 Å². The first kappa shape index (κ1) is 15.2. The largest absolute Gasteiger partial charge is 0.354 e. The smallest absolute Gasteiger partial charge is 0.224 e. The van der Waals surface area contributed by atoms with E-state index < -0.39 is 0 Å². The molecular formula is C18H16BrN3O2. The van der Waals surface area contributed by atoms with Crippen LogP contribution in [0.15, 0.2) is 51.5 Å². The Bertz CT molecular complexity index is 937. The number of carbonyl (C=O) groups excluding carboxylic acids is 1. The maximum atomic E-state index is 12.1. The topological polar surface area (TPSA) is 49.6 Å². The first-order valence-electron chi connectivity index (χ1n) is 7.77. The molecule has 1 amide bonds. The van der Waals surface area contributed by atoms with Gasteiger partial charge in [0.05, 0.1) is 22.8 Å². The fourth-order valence-corrected chi connectivity index (χ4v) is 3.69. The number of carbonyl (C=O) groups is 1. The monoisotopic (exact) mass is 385 g/mol. The Hall–Kier alpha value is -2.34. The van der Waals surface area contributed by atoms with E-state index in [-0.39, 0.29) is 11.9 Å². The predicted octanol–water partition coefficient (Wildman–Crippen LogP) is 4.48. The second kappa shape index (κ2) is 5.63. The van der Waals surface area contributed by atoms with Crippen LogP contribution in [0.4, 0.5) is 17.2 Å². The maximum absolute atomic E-state index is 12.1. The summed E-state index contributed by atoms with van der Waals surface area (Å²) in [4.78, 5) is 16.1. The molecule has 0 radical (unpaired) electrons. The van der Waals surface area contributed by atoms with Crippen molar-refractivity contribution in [3.8, 4) is 0 Å². The zero-order chi connectivity index (χ0) is 16.8. The van der Waals surface area contributed by atoms with Gasteiger partial charge in [-0.3, -0.25) is 4.79 Å². The third-order valence-electron chi connectivity index (χ3n) is 4.33. The van der Waals surface area contributed by atoms with Crippen LogP contribution in [0.25, 0.3) is 11.0 Å². The van der Waals surface area contributed by atoms with E-state index in [0.717, 1.165) is 32.6 Å². The van der Waals surface area contributed by atoms with Crippen molar-refractivity contribution in [1.82, 2.24) is 5.16 Å². The molecule has 0 aliphatic carbocycles. The summed E-state index contributed by atoms with van der Waals surface area (Å²) in [5.41, 5.74) is 2.58. The minimum absolute atomic E-state index is 0.0339. The maximum Gasteiger partial charge on any atom is 0.224 e. The van der Waals surface area contributed by atoms with Crippen molar-refractivity contribution in [2.24, 2.45) is 0 Å². The molecule has 1 aromatic heterocycles. The lowest BCUT2D eigenvalue weighted by Crippen LogP contribution is -2.48. The standard InChI is InChI=1S/C18H16BrN3O2/c1-11-10-21(18-14-5-3-4-6-17(14)24-20-18)16-9-13(19)7-8-15(16)22(11)12(2)23/h3-9,11H,10H2,1-2H3. The number of benzene rings is 2. The molecule has 0 N–H and O–H groups in total.